The van der Waals surface area contributed by atoms with Crippen LogP contribution in [0.2, 0.25) is 0 Å². The van der Waals surface area contributed by atoms with Gasteiger partial charge in [-0.25, -0.2) is 9.97 Å². The van der Waals surface area contributed by atoms with Crippen molar-refractivity contribution in [2.75, 3.05) is 10.6 Å². The normalized spacial score (nSPS) is 10.1. The molecule has 0 unspecified atom stereocenters. The SMILES string of the molecule is CC(=O)Nc1ccc(-c2ccccn2)nc1Nc1ccccn1. The van der Waals surface area contributed by atoms with Crippen molar-refractivity contribution in [2.45, 2.75) is 6.92 Å². The maximum atomic E-state index is 11.4. The predicted molar refractivity (Wildman–Crippen MR) is 89.3 cm³/mol. The zero-order valence-corrected chi connectivity index (χ0v) is 12.5. The number of amides is 1. The van der Waals surface area contributed by atoms with Crippen LogP contribution in [0.4, 0.5) is 17.3 Å². The fraction of sp³-hybridized carbons (Fsp3) is 0.0588. The van der Waals surface area contributed by atoms with Crippen LogP contribution < -0.4 is 10.6 Å². The van der Waals surface area contributed by atoms with Crippen molar-refractivity contribution < 1.29 is 4.79 Å². The smallest absolute Gasteiger partial charge is 0.221 e. The van der Waals surface area contributed by atoms with Crippen LogP contribution in [0, 0.1) is 0 Å². The molecule has 0 spiro atoms. The lowest BCUT2D eigenvalue weighted by atomic mass is 10.2. The molecular weight excluding hydrogens is 290 g/mol. The van der Waals surface area contributed by atoms with E-state index in [1.54, 1.807) is 18.5 Å². The molecule has 114 valence electrons. The third-order valence-electron chi connectivity index (χ3n) is 3.04. The van der Waals surface area contributed by atoms with Gasteiger partial charge < -0.3 is 10.6 Å². The molecule has 0 bridgehead atoms. The Kier molecular flexibility index (Phi) is 4.24. The Hall–Kier alpha value is -3.28. The van der Waals surface area contributed by atoms with Crippen molar-refractivity contribution >= 4 is 23.2 Å². The van der Waals surface area contributed by atoms with E-state index in [1.807, 2.05) is 42.5 Å². The second-order valence-electron chi connectivity index (χ2n) is 4.83. The minimum Gasteiger partial charge on any atom is -0.323 e. The lowest BCUT2D eigenvalue weighted by Crippen LogP contribution is -2.09. The van der Waals surface area contributed by atoms with Crippen LogP contribution in [0.15, 0.2) is 60.9 Å². The van der Waals surface area contributed by atoms with Gasteiger partial charge in [0.1, 0.15) is 5.82 Å². The van der Waals surface area contributed by atoms with Crippen LogP contribution in [-0.4, -0.2) is 20.9 Å². The molecule has 0 aromatic carbocycles. The van der Waals surface area contributed by atoms with E-state index in [1.165, 1.54) is 6.92 Å². The van der Waals surface area contributed by atoms with E-state index in [0.29, 0.717) is 23.0 Å². The van der Waals surface area contributed by atoms with Crippen molar-refractivity contribution in [3.8, 4) is 11.4 Å². The molecular formula is C17H15N5O. The molecule has 0 aliphatic heterocycles. The number of anilines is 3. The molecule has 3 aromatic rings. The second kappa shape index (κ2) is 6.65. The van der Waals surface area contributed by atoms with Crippen molar-refractivity contribution in [2.24, 2.45) is 0 Å². The van der Waals surface area contributed by atoms with E-state index in [2.05, 4.69) is 25.6 Å². The largest absolute Gasteiger partial charge is 0.323 e. The summed E-state index contributed by atoms with van der Waals surface area (Å²) in [7, 11) is 0. The molecule has 0 radical (unpaired) electrons. The molecule has 23 heavy (non-hydrogen) atoms. The topological polar surface area (TPSA) is 79.8 Å². The average molecular weight is 305 g/mol. The molecule has 0 fully saturated rings. The predicted octanol–water partition coefficient (Wildman–Crippen LogP) is 3.24. The van der Waals surface area contributed by atoms with Crippen LogP contribution in [0.25, 0.3) is 11.4 Å². The Morgan fingerprint density at radius 1 is 0.913 bits per heavy atom. The molecule has 0 saturated heterocycles. The van der Waals surface area contributed by atoms with Gasteiger partial charge in [-0.3, -0.25) is 9.78 Å². The van der Waals surface area contributed by atoms with E-state index >= 15 is 0 Å². The van der Waals surface area contributed by atoms with Crippen LogP contribution in [-0.2, 0) is 4.79 Å². The molecule has 3 rings (SSSR count). The molecule has 3 aromatic heterocycles. The van der Waals surface area contributed by atoms with Gasteiger partial charge in [0.25, 0.3) is 0 Å². The molecule has 2 N–H and O–H groups in total. The molecule has 0 aliphatic carbocycles. The number of carbonyl (C=O) groups is 1. The maximum Gasteiger partial charge on any atom is 0.221 e. The van der Waals surface area contributed by atoms with Crippen LogP contribution in [0.1, 0.15) is 6.92 Å². The molecule has 3 heterocycles. The van der Waals surface area contributed by atoms with Crippen LogP contribution in [0.3, 0.4) is 0 Å². The quantitative estimate of drug-likeness (QED) is 0.773. The standard InChI is InChI=1S/C17H15N5O/c1-12(23)20-15-9-8-14(13-6-2-4-10-18-13)21-17(15)22-16-7-3-5-11-19-16/h2-11H,1H3,(H,20,23)(H,19,21,22). The number of carbonyl (C=O) groups excluding carboxylic acids is 1. The summed E-state index contributed by atoms with van der Waals surface area (Å²) >= 11 is 0. The summed E-state index contributed by atoms with van der Waals surface area (Å²) in [6.07, 6.45) is 3.40. The van der Waals surface area contributed by atoms with E-state index in [0.717, 1.165) is 5.69 Å². The monoisotopic (exact) mass is 305 g/mol. The summed E-state index contributed by atoms with van der Waals surface area (Å²) in [6, 6.07) is 14.8. The lowest BCUT2D eigenvalue weighted by Gasteiger charge is -2.12. The van der Waals surface area contributed by atoms with E-state index in [9.17, 15) is 4.79 Å². The Morgan fingerprint density at radius 2 is 1.70 bits per heavy atom. The first-order chi connectivity index (χ1) is 11.2. The summed E-state index contributed by atoms with van der Waals surface area (Å²) in [4.78, 5) is 24.5. The zero-order chi connectivity index (χ0) is 16.1. The highest BCUT2D eigenvalue weighted by Crippen LogP contribution is 2.26. The van der Waals surface area contributed by atoms with Crippen LogP contribution in [0.5, 0.6) is 0 Å². The lowest BCUT2D eigenvalue weighted by molar-refractivity contribution is -0.114. The summed E-state index contributed by atoms with van der Waals surface area (Å²) in [5.74, 6) is 0.994. The number of nitrogens with zero attached hydrogens (tertiary/aromatic N) is 3. The van der Waals surface area contributed by atoms with E-state index in [-0.39, 0.29) is 5.91 Å². The Morgan fingerprint density at radius 3 is 2.35 bits per heavy atom. The molecule has 6 heteroatoms. The molecule has 6 nitrogen and oxygen atoms in total. The fourth-order valence-corrected chi connectivity index (χ4v) is 2.06. The number of hydrogen-bond acceptors (Lipinski definition) is 5. The van der Waals surface area contributed by atoms with Crippen LogP contribution >= 0.6 is 0 Å². The highest BCUT2D eigenvalue weighted by atomic mass is 16.1. The minimum atomic E-state index is -0.165. The highest BCUT2D eigenvalue weighted by Gasteiger charge is 2.10. The number of nitrogens with one attached hydrogen (secondary N) is 2. The van der Waals surface area contributed by atoms with Gasteiger partial charge in [0, 0.05) is 19.3 Å². The first-order valence-corrected chi connectivity index (χ1v) is 7.10. The van der Waals surface area contributed by atoms with Gasteiger partial charge in [0.15, 0.2) is 5.82 Å². The minimum absolute atomic E-state index is 0.165. The molecule has 0 atom stereocenters. The van der Waals surface area contributed by atoms with Gasteiger partial charge in [-0.05, 0) is 36.4 Å². The van der Waals surface area contributed by atoms with Crippen molar-refractivity contribution in [3.05, 3.63) is 60.9 Å². The van der Waals surface area contributed by atoms with Gasteiger partial charge in [0.2, 0.25) is 5.91 Å². The fourth-order valence-electron chi connectivity index (χ4n) is 2.06. The average Bonchev–Trinajstić information content (AvgIpc) is 2.58. The summed E-state index contributed by atoms with van der Waals surface area (Å²) < 4.78 is 0. The van der Waals surface area contributed by atoms with Crippen molar-refractivity contribution in [1.29, 1.82) is 0 Å². The highest BCUT2D eigenvalue weighted by molar-refractivity contribution is 5.92. The molecule has 1 amide bonds. The van der Waals surface area contributed by atoms with Gasteiger partial charge >= 0.3 is 0 Å². The summed E-state index contributed by atoms with van der Waals surface area (Å²) in [5, 5.41) is 5.88. The first kappa shape index (κ1) is 14.6. The second-order valence-corrected chi connectivity index (χ2v) is 4.83. The number of rotatable bonds is 4. The maximum absolute atomic E-state index is 11.4. The Balaban J connectivity index is 2.00. The van der Waals surface area contributed by atoms with Crippen molar-refractivity contribution in [1.82, 2.24) is 15.0 Å². The zero-order valence-electron chi connectivity index (χ0n) is 12.5. The van der Waals surface area contributed by atoms with Gasteiger partial charge in [-0.1, -0.05) is 12.1 Å². The number of hydrogen-bond donors (Lipinski definition) is 2. The van der Waals surface area contributed by atoms with E-state index in [4.69, 9.17) is 0 Å². The van der Waals surface area contributed by atoms with Gasteiger partial charge in [0.05, 0.1) is 17.1 Å². The molecule has 0 aliphatic rings. The van der Waals surface area contributed by atoms with E-state index < -0.39 is 0 Å². The van der Waals surface area contributed by atoms with Gasteiger partial charge in [-0.15, -0.1) is 0 Å². The van der Waals surface area contributed by atoms with Gasteiger partial charge in [-0.2, -0.15) is 0 Å². The summed E-state index contributed by atoms with van der Waals surface area (Å²) in [5.41, 5.74) is 2.05. The third kappa shape index (κ3) is 3.68. The third-order valence-corrected chi connectivity index (χ3v) is 3.04. The Bertz CT molecular complexity index is 806. The number of aromatic nitrogens is 3. The van der Waals surface area contributed by atoms with Crippen molar-refractivity contribution in [3.63, 3.8) is 0 Å². The molecule has 0 saturated carbocycles. The Labute approximate surface area is 133 Å². The summed E-state index contributed by atoms with van der Waals surface area (Å²) in [6.45, 7) is 1.46. The first-order valence-electron chi connectivity index (χ1n) is 7.10. The number of pyridine rings is 3.